The normalized spacial score (nSPS) is 11.8. The first-order chi connectivity index (χ1) is 10.4. The van der Waals surface area contributed by atoms with E-state index in [-0.39, 0.29) is 36.2 Å². The van der Waals surface area contributed by atoms with Crippen molar-refractivity contribution >= 4 is 23.4 Å². The summed E-state index contributed by atoms with van der Waals surface area (Å²) in [5.74, 6) is -1.16. The molecular formula is C15H20ClFN2O3. The van der Waals surface area contributed by atoms with Gasteiger partial charge in [0.05, 0.1) is 11.1 Å². The number of carbonyl (C=O) groups excluding carboxylic acids is 2. The molecule has 0 fully saturated rings. The first kappa shape index (κ1) is 18.4. The second-order valence-corrected chi connectivity index (χ2v) is 5.25. The fraction of sp³-hybridized carbons (Fsp3) is 0.467. The quantitative estimate of drug-likeness (QED) is 0.681. The second kappa shape index (κ2) is 9.38. The highest BCUT2D eigenvalue weighted by Crippen LogP contribution is 2.19. The predicted octanol–water partition coefficient (Wildman–Crippen LogP) is 1.94. The maximum absolute atomic E-state index is 13.3. The molecule has 3 N–H and O–H groups in total. The minimum absolute atomic E-state index is 0.0296. The van der Waals surface area contributed by atoms with E-state index < -0.39 is 11.9 Å². The van der Waals surface area contributed by atoms with Crippen molar-refractivity contribution in [3.05, 3.63) is 34.6 Å². The molecule has 1 rings (SSSR count). The first-order valence-corrected chi connectivity index (χ1v) is 7.48. The first-order valence-electron chi connectivity index (χ1n) is 7.10. The number of amides is 2. The van der Waals surface area contributed by atoms with Crippen molar-refractivity contribution in [1.82, 2.24) is 10.6 Å². The van der Waals surface area contributed by atoms with Crippen molar-refractivity contribution < 1.29 is 19.1 Å². The lowest BCUT2D eigenvalue weighted by Gasteiger charge is -2.12. The number of rotatable bonds is 8. The molecule has 122 valence electrons. The van der Waals surface area contributed by atoms with Crippen molar-refractivity contribution in [2.24, 2.45) is 0 Å². The zero-order valence-corrected chi connectivity index (χ0v) is 13.1. The molecule has 0 aliphatic carbocycles. The number of benzene rings is 1. The largest absolute Gasteiger partial charge is 0.387 e. The topological polar surface area (TPSA) is 78.4 Å². The van der Waals surface area contributed by atoms with E-state index >= 15 is 0 Å². The second-order valence-electron chi connectivity index (χ2n) is 4.84. The molecule has 1 unspecified atom stereocenters. The van der Waals surface area contributed by atoms with E-state index in [9.17, 15) is 19.1 Å². The molecule has 0 radical (unpaired) electrons. The van der Waals surface area contributed by atoms with Crippen molar-refractivity contribution in [3.8, 4) is 0 Å². The van der Waals surface area contributed by atoms with Crippen LogP contribution in [0.25, 0.3) is 0 Å². The van der Waals surface area contributed by atoms with Crippen molar-refractivity contribution in [2.75, 3.05) is 13.1 Å². The van der Waals surface area contributed by atoms with Crippen LogP contribution in [0, 0.1) is 5.82 Å². The lowest BCUT2D eigenvalue weighted by atomic mass is 10.1. The third kappa shape index (κ3) is 6.41. The molecule has 0 saturated heterocycles. The van der Waals surface area contributed by atoms with Crippen molar-refractivity contribution in [2.45, 2.75) is 32.3 Å². The van der Waals surface area contributed by atoms with E-state index in [1.54, 1.807) is 0 Å². The SMILES string of the molecule is CCCNC(=O)CCC(=O)NCC(O)c1ccc(Cl)c(F)c1. The van der Waals surface area contributed by atoms with E-state index in [2.05, 4.69) is 10.6 Å². The zero-order chi connectivity index (χ0) is 16.5. The Morgan fingerprint density at radius 2 is 1.91 bits per heavy atom. The van der Waals surface area contributed by atoms with Crippen molar-refractivity contribution in [1.29, 1.82) is 0 Å². The summed E-state index contributed by atoms with van der Waals surface area (Å²) in [7, 11) is 0. The summed E-state index contributed by atoms with van der Waals surface area (Å²) >= 11 is 5.56. The van der Waals surface area contributed by atoms with Gasteiger partial charge in [-0.3, -0.25) is 9.59 Å². The lowest BCUT2D eigenvalue weighted by molar-refractivity contribution is -0.126. The van der Waals surface area contributed by atoms with Crippen LogP contribution < -0.4 is 10.6 Å². The Hall–Kier alpha value is -1.66. The van der Waals surface area contributed by atoms with Crippen LogP contribution >= 0.6 is 11.6 Å². The highest BCUT2D eigenvalue weighted by atomic mass is 35.5. The monoisotopic (exact) mass is 330 g/mol. The molecule has 1 aromatic rings. The van der Waals surface area contributed by atoms with Gasteiger partial charge in [-0.05, 0) is 24.1 Å². The van der Waals surface area contributed by atoms with Gasteiger partial charge in [-0.2, -0.15) is 0 Å². The molecule has 0 heterocycles. The highest BCUT2D eigenvalue weighted by Gasteiger charge is 2.12. The summed E-state index contributed by atoms with van der Waals surface area (Å²) < 4.78 is 13.3. The van der Waals surface area contributed by atoms with Gasteiger partial charge in [0.25, 0.3) is 0 Å². The van der Waals surface area contributed by atoms with Crippen LogP contribution in [0.3, 0.4) is 0 Å². The van der Waals surface area contributed by atoms with Crippen LogP contribution in [0.1, 0.15) is 37.9 Å². The van der Waals surface area contributed by atoms with E-state index in [1.807, 2.05) is 6.92 Å². The fourth-order valence-corrected chi connectivity index (χ4v) is 1.83. The Morgan fingerprint density at radius 3 is 2.50 bits per heavy atom. The van der Waals surface area contributed by atoms with Gasteiger partial charge in [0.15, 0.2) is 0 Å². The third-order valence-electron chi connectivity index (χ3n) is 2.97. The lowest BCUT2D eigenvalue weighted by Crippen LogP contribution is -2.30. The molecule has 0 aliphatic rings. The molecule has 7 heteroatoms. The summed E-state index contributed by atoms with van der Waals surface area (Å²) in [4.78, 5) is 22.9. The van der Waals surface area contributed by atoms with Crippen molar-refractivity contribution in [3.63, 3.8) is 0 Å². The molecule has 0 aromatic heterocycles. The van der Waals surface area contributed by atoms with Crippen LogP contribution in [-0.2, 0) is 9.59 Å². The van der Waals surface area contributed by atoms with Crippen LogP contribution in [0.5, 0.6) is 0 Å². The van der Waals surface area contributed by atoms with E-state index in [1.165, 1.54) is 12.1 Å². The molecule has 22 heavy (non-hydrogen) atoms. The number of hydrogen-bond acceptors (Lipinski definition) is 3. The number of aliphatic hydroxyl groups excluding tert-OH is 1. The van der Waals surface area contributed by atoms with Crippen LogP contribution in [0.4, 0.5) is 4.39 Å². The summed E-state index contributed by atoms with van der Waals surface area (Å²) in [5.41, 5.74) is 0.322. The number of halogens is 2. The Kier molecular flexibility index (Phi) is 7.84. The molecule has 1 atom stereocenters. The smallest absolute Gasteiger partial charge is 0.220 e. The molecule has 0 bridgehead atoms. The van der Waals surface area contributed by atoms with E-state index in [4.69, 9.17) is 11.6 Å². The average molecular weight is 331 g/mol. The van der Waals surface area contributed by atoms with Gasteiger partial charge >= 0.3 is 0 Å². The molecule has 5 nitrogen and oxygen atoms in total. The number of aliphatic hydroxyl groups is 1. The van der Waals surface area contributed by atoms with Gasteiger partial charge in [-0.15, -0.1) is 0 Å². The summed E-state index contributed by atoms with van der Waals surface area (Å²) in [5, 5.41) is 15.0. The van der Waals surface area contributed by atoms with Crippen LogP contribution in [-0.4, -0.2) is 30.0 Å². The summed E-state index contributed by atoms with van der Waals surface area (Å²) in [6, 6.07) is 3.95. The summed E-state index contributed by atoms with van der Waals surface area (Å²) in [6.07, 6.45) is -0.0686. The summed E-state index contributed by atoms with van der Waals surface area (Å²) in [6.45, 7) is 2.46. The Bertz CT molecular complexity index is 526. The fourth-order valence-electron chi connectivity index (χ4n) is 1.72. The number of hydrogen-bond donors (Lipinski definition) is 3. The molecule has 2 amide bonds. The van der Waals surface area contributed by atoms with Gasteiger partial charge < -0.3 is 15.7 Å². The number of carbonyl (C=O) groups is 2. The average Bonchev–Trinajstić information content (AvgIpc) is 2.51. The van der Waals surface area contributed by atoms with Gasteiger partial charge in [0, 0.05) is 25.9 Å². The molecular weight excluding hydrogens is 311 g/mol. The minimum Gasteiger partial charge on any atom is -0.387 e. The molecule has 1 aromatic carbocycles. The zero-order valence-electron chi connectivity index (χ0n) is 12.4. The Morgan fingerprint density at radius 1 is 1.27 bits per heavy atom. The van der Waals surface area contributed by atoms with Crippen LogP contribution in [0.2, 0.25) is 5.02 Å². The van der Waals surface area contributed by atoms with Gasteiger partial charge in [0.2, 0.25) is 11.8 Å². The van der Waals surface area contributed by atoms with Crippen LogP contribution in [0.15, 0.2) is 18.2 Å². The highest BCUT2D eigenvalue weighted by molar-refractivity contribution is 6.30. The Labute approximate surface area is 133 Å². The molecule has 0 saturated carbocycles. The molecule has 0 spiro atoms. The predicted molar refractivity (Wildman–Crippen MR) is 81.9 cm³/mol. The van der Waals surface area contributed by atoms with E-state index in [0.717, 1.165) is 12.5 Å². The van der Waals surface area contributed by atoms with Gasteiger partial charge in [0.1, 0.15) is 5.82 Å². The minimum atomic E-state index is -1.04. The maximum Gasteiger partial charge on any atom is 0.220 e. The van der Waals surface area contributed by atoms with Gasteiger partial charge in [-0.25, -0.2) is 4.39 Å². The maximum atomic E-state index is 13.3. The van der Waals surface area contributed by atoms with E-state index in [0.29, 0.717) is 12.1 Å². The number of nitrogens with one attached hydrogen (secondary N) is 2. The Balaban J connectivity index is 2.34. The third-order valence-corrected chi connectivity index (χ3v) is 3.28. The van der Waals surface area contributed by atoms with Gasteiger partial charge in [-0.1, -0.05) is 24.6 Å². The molecule has 0 aliphatic heterocycles. The standard InChI is InChI=1S/C15H20ClFN2O3/c1-2-7-18-14(21)5-6-15(22)19-9-13(20)10-3-4-11(16)12(17)8-10/h3-4,8,13,20H,2,5-7,9H2,1H3,(H,18,21)(H,19,22).